The van der Waals surface area contributed by atoms with Crippen LogP contribution in [0.15, 0.2) is 41.2 Å². The van der Waals surface area contributed by atoms with E-state index in [0.717, 1.165) is 37.6 Å². The lowest BCUT2D eigenvalue weighted by Crippen LogP contribution is -2.49. The standard InChI is InChI=1S/C20H26N4O4.ClH/c1-22-19(25)9-8-16(21-22)20(26)24-13-11-23(12-14-24)10-5-15-28-18-7-4-3-6-17(18)27-2;/h3-4,6-9H,5,10-15H2,1-2H3;1H. The van der Waals surface area contributed by atoms with Crippen LogP contribution in [0.3, 0.4) is 0 Å². The van der Waals surface area contributed by atoms with Gasteiger partial charge in [-0.3, -0.25) is 14.5 Å². The number of para-hydroxylation sites is 2. The molecule has 8 nitrogen and oxygen atoms in total. The molecule has 1 aromatic carbocycles. The SMILES string of the molecule is COc1ccccc1OCCCN1CCN(C(=O)c2ccc(=O)n(C)n2)CC1.Cl. The van der Waals surface area contributed by atoms with E-state index in [4.69, 9.17) is 9.47 Å². The molecule has 3 rings (SSSR count). The highest BCUT2D eigenvalue weighted by Gasteiger charge is 2.23. The van der Waals surface area contributed by atoms with E-state index in [0.29, 0.717) is 25.4 Å². The van der Waals surface area contributed by atoms with Crippen LogP contribution in [-0.4, -0.2) is 71.9 Å². The Labute approximate surface area is 176 Å². The molecule has 1 aromatic heterocycles. The number of halogens is 1. The number of aryl methyl sites for hydroxylation is 1. The molecular formula is C20H27ClN4O4. The van der Waals surface area contributed by atoms with Gasteiger partial charge in [0.15, 0.2) is 11.5 Å². The number of amides is 1. The Morgan fingerprint density at radius 2 is 1.76 bits per heavy atom. The van der Waals surface area contributed by atoms with Gasteiger partial charge in [-0.1, -0.05) is 12.1 Å². The molecule has 2 heterocycles. The summed E-state index contributed by atoms with van der Waals surface area (Å²) in [4.78, 5) is 28.1. The summed E-state index contributed by atoms with van der Waals surface area (Å²) in [5.74, 6) is 1.36. The highest BCUT2D eigenvalue weighted by atomic mass is 35.5. The molecule has 1 aliphatic rings. The molecule has 0 unspecified atom stereocenters. The first-order valence-electron chi connectivity index (χ1n) is 9.40. The van der Waals surface area contributed by atoms with Crippen molar-refractivity contribution in [1.82, 2.24) is 19.6 Å². The molecule has 29 heavy (non-hydrogen) atoms. The fourth-order valence-corrected chi connectivity index (χ4v) is 3.16. The Balaban J connectivity index is 0.00000300. The summed E-state index contributed by atoms with van der Waals surface area (Å²) in [6.45, 7) is 4.45. The Morgan fingerprint density at radius 1 is 1.07 bits per heavy atom. The number of methoxy groups -OCH3 is 1. The number of nitrogens with zero attached hydrogens (tertiary/aromatic N) is 4. The van der Waals surface area contributed by atoms with Crippen molar-refractivity contribution in [3.8, 4) is 11.5 Å². The van der Waals surface area contributed by atoms with E-state index in [-0.39, 0.29) is 23.9 Å². The lowest BCUT2D eigenvalue weighted by atomic mass is 10.2. The number of rotatable bonds is 7. The topological polar surface area (TPSA) is 76.9 Å². The van der Waals surface area contributed by atoms with Gasteiger partial charge in [0.05, 0.1) is 13.7 Å². The number of ether oxygens (including phenoxy) is 2. The zero-order chi connectivity index (χ0) is 19.9. The van der Waals surface area contributed by atoms with Gasteiger partial charge in [-0.15, -0.1) is 12.4 Å². The van der Waals surface area contributed by atoms with E-state index < -0.39 is 0 Å². The van der Waals surface area contributed by atoms with Crippen LogP contribution in [0.2, 0.25) is 0 Å². The van der Waals surface area contributed by atoms with Crippen LogP contribution in [0.5, 0.6) is 11.5 Å². The summed E-state index contributed by atoms with van der Waals surface area (Å²) >= 11 is 0. The molecule has 1 aliphatic heterocycles. The van der Waals surface area contributed by atoms with E-state index >= 15 is 0 Å². The van der Waals surface area contributed by atoms with E-state index in [1.807, 2.05) is 24.3 Å². The van der Waals surface area contributed by atoms with Gasteiger partial charge in [0, 0.05) is 45.8 Å². The zero-order valence-electron chi connectivity index (χ0n) is 16.7. The smallest absolute Gasteiger partial charge is 0.274 e. The van der Waals surface area contributed by atoms with Crippen molar-refractivity contribution in [3.63, 3.8) is 0 Å². The Hall–Kier alpha value is -2.58. The van der Waals surface area contributed by atoms with Crippen molar-refractivity contribution in [2.75, 3.05) is 46.4 Å². The van der Waals surface area contributed by atoms with Crippen LogP contribution in [0.1, 0.15) is 16.9 Å². The summed E-state index contributed by atoms with van der Waals surface area (Å²) in [5, 5.41) is 4.04. The Bertz CT molecular complexity index is 866. The third kappa shape index (κ3) is 5.95. The minimum atomic E-state index is -0.225. The number of carbonyl (C=O) groups excluding carboxylic acids is 1. The van der Waals surface area contributed by atoms with Crippen molar-refractivity contribution in [2.45, 2.75) is 6.42 Å². The van der Waals surface area contributed by atoms with Gasteiger partial charge < -0.3 is 14.4 Å². The van der Waals surface area contributed by atoms with Crippen LogP contribution >= 0.6 is 12.4 Å². The van der Waals surface area contributed by atoms with Gasteiger partial charge in [0.2, 0.25) is 0 Å². The second kappa shape index (κ2) is 10.8. The normalized spacial score (nSPS) is 14.2. The lowest BCUT2D eigenvalue weighted by Gasteiger charge is -2.34. The molecule has 158 valence electrons. The molecule has 0 bridgehead atoms. The van der Waals surface area contributed by atoms with Crippen molar-refractivity contribution in [2.24, 2.45) is 7.05 Å². The summed E-state index contributed by atoms with van der Waals surface area (Å²) in [7, 11) is 3.18. The molecule has 0 aliphatic carbocycles. The van der Waals surface area contributed by atoms with Crippen LogP contribution in [0.25, 0.3) is 0 Å². The molecule has 0 spiro atoms. The number of benzene rings is 1. The fraction of sp³-hybridized carbons (Fsp3) is 0.450. The first-order chi connectivity index (χ1) is 13.6. The van der Waals surface area contributed by atoms with Crippen molar-refractivity contribution < 1.29 is 14.3 Å². The molecule has 0 N–H and O–H groups in total. The minimum Gasteiger partial charge on any atom is -0.493 e. The zero-order valence-corrected chi connectivity index (χ0v) is 17.6. The highest BCUT2D eigenvalue weighted by molar-refractivity contribution is 5.92. The van der Waals surface area contributed by atoms with Gasteiger partial charge in [-0.25, -0.2) is 4.68 Å². The predicted molar refractivity (Wildman–Crippen MR) is 112 cm³/mol. The van der Waals surface area contributed by atoms with Crippen molar-refractivity contribution in [1.29, 1.82) is 0 Å². The molecular weight excluding hydrogens is 396 g/mol. The minimum absolute atomic E-state index is 0. The average molecular weight is 423 g/mol. The van der Waals surface area contributed by atoms with Crippen LogP contribution < -0.4 is 15.0 Å². The third-order valence-electron chi connectivity index (χ3n) is 4.78. The maximum absolute atomic E-state index is 12.5. The first kappa shape index (κ1) is 22.7. The molecule has 2 aromatic rings. The van der Waals surface area contributed by atoms with E-state index in [1.165, 1.54) is 16.8 Å². The quantitative estimate of drug-likeness (QED) is 0.628. The van der Waals surface area contributed by atoms with Gasteiger partial charge >= 0.3 is 0 Å². The number of aromatic nitrogens is 2. The maximum atomic E-state index is 12.5. The molecule has 0 saturated carbocycles. The molecule has 1 saturated heterocycles. The van der Waals surface area contributed by atoms with Gasteiger partial charge in [0.25, 0.3) is 11.5 Å². The number of hydrogen-bond acceptors (Lipinski definition) is 6. The Kier molecular flexibility index (Phi) is 8.48. The van der Waals surface area contributed by atoms with Crippen LogP contribution in [0.4, 0.5) is 0 Å². The molecule has 9 heteroatoms. The monoisotopic (exact) mass is 422 g/mol. The van der Waals surface area contributed by atoms with Gasteiger partial charge in [-0.2, -0.15) is 5.10 Å². The van der Waals surface area contributed by atoms with Gasteiger partial charge in [-0.05, 0) is 24.6 Å². The molecule has 0 radical (unpaired) electrons. The largest absolute Gasteiger partial charge is 0.493 e. The third-order valence-corrected chi connectivity index (χ3v) is 4.78. The molecule has 1 amide bonds. The van der Waals surface area contributed by atoms with Gasteiger partial charge in [0.1, 0.15) is 5.69 Å². The number of carbonyl (C=O) groups is 1. The van der Waals surface area contributed by atoms with E-state index in [9.17, 15) is 9.59 Å². The fourth-order valence-electron chi connectivity index (χ4n) is 3.16. The van der Waals surface area contributed by atoms with Crippen molar-refractivity contribution in [3.05, 3.63) is 52.4 Å². The van der Waals surface area contributed by atoms with E-state index in [1.54, 1.807) is 19.1 Å². The number of piperazine rings is 1. The van der Waals surface area contributed by atoms with Crippen molar-refractivity contribution >= 4 is 18.3 Å². The molecule has 0 atom stereocenters. The second-order valence-corrected chi connectivity index (χ2v) is 6.67. The van der Waals surface area contributed by atoms with Crippen LogP contribution in [0, 0.1) is 0 Å². The maximum Gasteiger partial charge on any atom is 0.274 e. The summed E-state index contributed by atoms with van der Waals surface area (Å²) < 4.78 is 12.3. The lowest BCUT2D eigenvalue weighted by molar-refractivity contribution is 0.0622. The number of hydrogen-bond donors (Lipinski definition) is 0. The highest BCUT2D eigenvalue weighted by Crippen LogP contribution is 2.25. The second-order valence-electron chi connectivity index (χ2n) is 6.67. The predicted octanol–water partition coefficient (Wildman–Crippen LogP) is 1.44. The summed E-state index contributed by atoms with van der Waals surface area (Å²) in [5.41, 5.74) is 0.0810. The average Bonchev–Trinajstić information content (AvgIpc) is 2.73. The van der Waals surface area contributed by atoms with E-state index in [2.05, 4.69) is 10.00 Å². The van der Waals surface area contributed by atoms with Crippen LogP contribution in [-0.2, 0) is 7.05 Å². The summed E-state index contributed by atoms with van der Waals surface area (Å²) in [6.07, 6.45) is 0.897. The first-order valence-corrected chi connectivity index (χ1v) is 9.40. The molecule has 1 fully saturated rings. The Morgan fingerprint density at radius 3 is 2.41 bits per heavy atom. The summed E-state index contributed by atoms with van der Waals surface area (Å²) in [6, 6.07) is 10.5.